The van der Waals surface area contributed by atoms with Gasteiger partial charge in [0.05, 0.1) is 11.1 Å². The van der Waals surface area contributed by atoms with Gasteiger partial charge in [0.1, 0.15) is 0 Å². The van der Waals surface area contributed by atoms with Crippen LogP contribution in [0.25, 0.3) is 0 Å². The molecular formula is C17H21FN4O2. The van der Waals surface area contributed by atoms with Crippen LogP contribution in [0.2, 0.25) is 0 Å². The van der Waals surface area contributed by atoms with Crippen molar-refractivity contribution >= 4 is 5.69 Å². The highest BCUT2D eigenvalue weighted by Gasteiger charge is 2.22. The second-order valence-electron chi connectivity index (χ2n) is 6.22. The van der Waals surface area contributed by atoms with Crippen molar-refractivity contribution in [2.75, 3.05) is 13.1 Å². The molecule has 1 aliphatic heterocycles. The molecule has 0 N–H and O–H groups in total. The van der Waals surface area contributed by atoms with Gasteiger partial charge in [0.25, 0.3) is 0 Å². The number of rotatable bonds is 5. The molecule has 1 fully saturated rings. The fourth-order valence-electron chi connectivity index (χ4n) is 3.24. The van der Waals surface area contributed by atoms with Crippen LogP contribution in [-0.4, -0.2) is 32.7 Å². The van der Waals surface area contributed by atoms with E-state index in [2.05, 4.69) is 23.1 Å². The summed E-state index contributed by atoms with van der Waals surface area (Å²) in [6, 6.07) is 4.16. The number of benzene rings is 1. The van der Waals surface area contributed by atoms with Crippen LogP contribution in [0, 0.1) is 15.9 Å². The van der Waals surface area contributed by atoms with E-state index in [1.807, 2.05) is 10.9 Å². The molecule has 1 aliphatic rings. The molecule has 0 aliphatic carbocycles. The molecule has 0 unspecified atom stereocenters. The molecular weight excluding hydrogens is 311 g/mol. The van der Waals surface area contributed by atoms with Crippen molar-refractivity contribution in [3.05, 3.63) is 57.7 Å². The van der Waals surface area contributed by atoms with Crippen molar-refractivity contribution in [3.63, 3.8) is 0 Å². The zero-order valence-electron chi connectivity index (χ0n) is 13.7. The monoisotopic (exact) mass is 332 g/mol. The first kappa shape index (κ1) is 16.6. The number of aromatic nitrogens is 2. The zero-order chi connectivity index (χ0) is 17.1. The highest BCUT2D eigenvalue weighted by Crippen LogP contribution is 2.28. The Morgan fingerprint density at radius 2 is 2.12 bits per heavy atom. The quantitative estimate of drug-likeness (QED) is 0.622. The number of halogens is 1. The Balaban J connectivity index is 1.57. The van der Waals surface area contributed by atoms with Gasteiger partial charge in [-0.15, -0.1) is 0 Å². The van der Waals surface area contributed by atoms with Gasteiger partial charge in [-0.3, -0.25) is 19.7 Å². The van der Waals surface area contributed by atoms with Crippen LogP contribution in [0.4, 0.5) is 10.1 Å². The fraction of sp³-hybridized carbons (Fsp3) is 0.471. The summed E-state index contributed by atoms with van der Waals surface area (Å²) in [5.74, 6) is -0.241. The maximum Gasteiger partial charge on any atom is 0.304 e. The van der Waals surface area contributed by atoms with E-state index in [9.17, 15) is 14.5 Å². The molecule has 128 valence electrons. The van der Waals surface area contributed by atoms with Gasteiger partial charge >= 0.3 is 5.69 Å². The van der Waals surface area contributed by atoms with E-state index in [4.69, 9.17) is 0 Å². The van der Waals surface area contributed by atoms with E-state index in [-0.39, 0.29) is 0 Å². The fourth-order valence-corrected chi connectivity index (χ4v) is 3.24. The van der Waals surface area contributed by atoms with E-state index in [1.54, 1.807) is 6.07 Å². The number of likely N-dealkylation sites (tertiary alicyclic amines) is 1. The average Bonchev–Trinajstić information content (AvgIpc) is 3.04. The number of aryl methyl sites for hydroxylation is 1. The second-order valence-corrected chi connectivity index (χ2v) is 6.22. The highest BCUT2D eigenvalue weighted by molar-refractivity contribution is 5.35. The Bertz CT molecular complexity index is 723. The molecule has 2 aromatic rings. The third kappa shape index (κ3) is 3.62. The van der Waals surface area contributed by atoms with Crippen molar-refractivity contribution in [1.29, 1.82) is 0 Å². The van der Waals surface area contributed by atoms with E-state index >= 15 is 0 Å². The van der Waals surface area contributed by atoms with Gasteiger partial charge in [0.15, 0.2) is 0 Å². The van der Waals surface area contributed by atoms with Gasteiger partial charge in [-0.2, -0.15) is 9.49 Å². The molecule has 0 atom stereocenters. The van der Waals surface area contributed by atoms with Crippen LogP contribution in [-0.2, 0) is 13.1 Å². The number of nitro benzene ring substituents is 1. The van der Waals surface area contributed by atoms with Crippen LogP contribution < -0.4 is 0 Å². The number of nitro groups is 1. The number of hydrogen-bond acceptors (Lipinski definition) is 4. The van der Waals surface area contributed by atoms with E-state index < -0.39 is 16.4 Å². The van der Waals surface area contributed by atoms with Gasteiger partial charge < -0.3 is 0 Å². The van der Waals surface area contributed by atoms with E-state index in [0.29, 0.717) is 12.5 Å². The Hall–Kier alpha value is -2.28. The maximum atomic E-state index is 13.7. The molecule has 0 spiro atoms. The lowest BCUT2D eigenvalue weighted by atomic mass is 9.91. The van der Waals surface area contributed by atoms with E-state index in [1.165, 1.54) is 17.7 Å². The largest absolute Gasteiger partial charge is 0.304 e. The minimum atomic E-state index is -0.764. The van der Waals surface area contributed by atoms with Gasteiger partial charge in [0.2, 0.25) is 5.82 Å². The Kier molecular flexibility index (Phi) is 4.89. The van der Waals surface area contributed by atoms with Crippen LogP contribution >= 0.6 is 0 Å². The third-order valence-corrected chi connectivity index (χ3v) is 4.65. The Morgan fingerprint density at radius 1 is 1.38 bits per heavy atom. The van der Waals surface area contributed by atoms with Crippen molar-refractivity contribution < 1.29 is 9.31 Å². The smallest absolute Gasteiger partial charge is 0.299 e. The lowest BCUT2D eigenvalue weighted by molar-refractivity contribution is -0.387. The molecule has 7 heteroatoms. The molecule has 1 aromatic carbocycles. The summed E-state index contributed by atoms with van der Waals surface area (Å²) >= 11 is 0. The SMILES string of the molecule is CCn1cc(C2CCN(Cc3ccc([N+](=O)[O-])c(F)c3)CC2)cn1. The standard InChI is InChI=1S/C17H21FN4O2/c1-2-21-12-15(10-19-21)14-5-7-20(8-6-14)11-13-3-4-17(22(23)24)16(18)9-13/h3-4,9-10,12,14H,2,5-8,11H2,1H3. The summed E-state index contributed by atoms with van der Waals surface area (Å²) in [5.41, 5.74) is 1.60. The number of nitrogens with zero attached hydrogens (tertiary/aromatic N) is 4. The molecule has 1 aromatic heterocycles. The third-order valence-electron chi connectivity index (χ3n) is 4.65. The minimum Gasteiger partial charge on any atom is -0.299 e. The average molecular weight is 332 g/mol. The molecule has 24 heavy (non-hydrogen) atoms. The van der Waals surface area contributed by atoms with Gasteiger partial charge in [-0.05, 0) is 56.0 Å². The van der Waals surface area contributed by atoms with Crippen LogP contribution in [0.1, 0.15) is 36.8 Å². The molecule has 2 heterocycles. The normalized spacial score (nSPS) is 16.4. The first-order chi connectivity index (χ1) is 11.6. The summed E-state index contributed by atoms with van der Waals surface area (Å²) in [5, 5.41) is 15.0. The minimum absolute atomic E-state index is 0.467. The van der Waals surface area contributed by atoms with Crippen LogP contribution in [0.3, 0.4) is 0 Å². The Labute approximate surface area is 140 Å². The summed E-state index contributed by atoms with van der Waals surface area (Å²) in [7, 11) is 0. The molecule has 3 rings (SSSR count). The topological polar surface area (TPSA) is 64.2 Å². The summed E-state index contributed by atoms with van der Waals surface area (Å²) in [4.78, 5) is 12.2. The molecule has 6 nitrogen and oxygen atoms in total. The van der Waals surface area contributed by atoms with Gasteiger partial charge in [-0.25, -0.2) is 0 Å². The zero-order valence-corrected chi connectivity index (χ0v) is 13.7. The predicted octanol–water partition coefficient (Wildman–Crippen LogP) is 3.33. The van der Waals surface area contributed by atoms with Crippen molar-refractivity contribution in [1.82, 2.24) is 14.7 Å². The molecule has 0 saturated carbocycles. The molecule has 1 saturated heterocycles. The van der Waals surface area contributed by atoms with Gasteiger partial charge in [-0.1, -0.05) is 6.07 Å². The highest BCUT2D eigenvalue weighted by atomic mass is 19.1. The van der Waals surface area contributed by atoms with Gasteiger partial charge in [0, 0.05) is 25.4 Å². The maximum absolute atomic E-state index is 13.7. The van der Waals surface area contributed by atoms with Crippen molar-refractivity contribution in [2.24, 2.45) is 0 Å². The van der Waals surface area contributed by atoms with Crippen LogP contribution in [0.5, 0.6) is 0 Å². The number of piperidine rings is 1. The van der Waals surface area contributed by atoms with Crippen molar-refractivity contribution in [3.8, 4) is 0 Å². The number of hydrogen-bond donors (Lipinski definition) is 0. The summed E-state index contributed by atoms with van der Waals surface area (Å²) in [6.45, 7) is 5.43. The molecule has 0 bridgehead atoms. The second kappa shape index (κ2) is 7.09. The molecule has 0 amide bonds. The summed E-state index contributed by atoms with van der Waals surface area (Å²) in [6.07, 6.45) is 6.16. The first-order valence-electron chi connectivity index (χ1n) is 8.24. The first-order valence-corrected chi connectivity index (χ1v) is 8.24. The van der Waals surface area contributed by atoms with Crippen LogP contribution in [0.15, 0.2) is 30.6 Å². The Morgan fingerprint density at radius 3 is 2.71 bits per heavy atom. The summed E-state index contributed by atoms with van der Waals surface area (Å²) < 4.78 is 15.7. The predicted molar refractivity (Wildman–Crippen MR) is 88.2 cm³/mol. The lowest BCUT2D eigenvalue weighted by Crippen LogP contribution is -2.32. The van der Waals surface area contributed by atoms with Crippen molar-refractivity contribution in [2.45, 2.75) is 38.8 Å². The van der Waals surface area contributed by atoms with E-state index in [0.717, 1.165) is 38.0 Å². The molecule has 0 radical (unpaired) electrons. The lowest BCUT2D eigenvalue weighted by Gasteiger charge is -2.31.